The van der Waals surface area contributed by atoms with Crippen molar-refractivity contribution in [3.8, 4) is 0 Å². The van der Waals surface area contributed by atoms with Gasteiger partial charge in [-0.3, -0.25) is 4.79 Å². The molecule has 1 aliphatic rings. The van der Waals surface area contributed by atoms with Crippen molar-refractivity contribution in [1.82, 2.24) is 9.88 Å². The summed E-state index contributed by atoms with van der Waals surface area (Å²) >= 11 is 0. The number of nitrogens with one attached hydrogen (secondary N) is 1. The number of halogens is 1. The fourth-order valence-electron chi connectivity index (χ4n) is 4.12. The third-order valence-electron chi connectivity index (χ3n) is 5.64. The average molecular weight is 361 g/mol. The summed E-state index contributed by atoms with van der Waals surface area (Å²) in [6.07, 6.45) is 1.91. The van der Waals surface area contributed by atoms with Crippen LogP contribution in [0.25, 0.3) is 10.9 Å². The fraction of sp³-hybridized carbons (Fsp3) is 0.474. The summed E-state index contributed by atoms with van der Waals surface area (Å²) in [5, 5.41) is 12.6. The van der Waals surface area contributed by atoms with Crippen LogP contribution in [-0.4, -0.2) is 28.7 Å². The molecule has 1 aromatic heterocycles. The van der Waals surface area contributed by atoms with Crippen molar-refractivity contribution in [3.63, 3.8) is 0 Å². The first-order valence-electron chi connectivity index (χ1n) is 8.82. The summed E-state index contributed by atoms with van der Waals surface area (Å²) in [5.41, 5.74) is 6.37. The van der Waals surface area contributed by atoms with E-state index in [1.54, 1.807) is 11.5 Å². The number of fused-ring (bicyclic) bond motifs is 1. The second-order valence-electron chi connectivity index (χ2n) is 7.11. The minimum atomic E-state index is -1.32. The maximum absolute atomic E-state index is 15.1. The zero-order chi connectivity index (χ0) is 19.2. The van der Waals surface area contributed by atoms with Gasteiger partial charge in [0, 0.05) is 29.2 Å². The average Bonchev–Trinajstić information content (AvgIpc) is 2.58. The summed E-state index contributed by atoms with van der Waals surface area (Å²) in [5.74, 6) is -1.85. The van der Waals surface area contributed by atoms with Gasteiger partial charge in [-0.25, -0.2) is 9.18 Å². The molecule has 7 heteroatoms. The van der Waals surface area contributed by atoms with Crippen LogP contribution in [0.5, 0.6) is 0 Å². The first-order valence-corrected chi connectivity index (χ1v) is 8.82. The summed E-state index contributed by atoms with van der Waals surface area (Å²) < 4.78 is 16.8. The van der Waals surface area contributed by atoms with Gasteiger partial charge in [0.2, 0.25) is 5.43 Å². The number of nitrogens with two attached hydrogens (primary N) is 1. The summed E-state index contributed by atoms with van der Waals surface area (Å²) in [4.78, 5) is 23.9. The molecule has 4 N–H and O–H groups in total. The van der Waals surface area contributed by atoms with E-state index in [9.17, 15) is 14.7 Å². The third-order valence-corrected chi connectivity index (χ3v) is 5.64. The van der Waals surface area contributed by atoms with Crippen molar-refractivity contribution < 1.29 is 14.3 Å². The van der Waals surface area contributed by atoms with Gasteiger partial charge < -0.3 is 20.7 Å². The summed E-state index contributed by atoms with van der Waals surface area (Å²) in [6.45, 7) is 7.43. The van der Waals surface area contributed by atoms with Crippen LogP contribution in [0.3, 0.4) is 0 Å². The Morgan fingerprint density at radius 3 is 2.81 bits per heavy atom. The van der Waals surface area contributed by atoms with Gasteiger partial charge in [-0.15, -0.1) is 0 Å². The van der Waals surface area contributed by atoms with E-state index in [0.29, 0.717) is 42.7 Å². The van der Waals surface area contributed by atoms with Gasteiger partial charge in [0.25, 0.3) is 0 Å². The van der Waals surface area contributed by atoms with Gasteiger partial charge in [-0.05, 0) is 50.9 Å². The number of nitrogens with zero attached hydrogens (tertiary/aromatic N) is 1. The maximum atomic E-state index is 15.1. The highest BCUT2D eigenvalue weighted by Crippen LogP contribution is 2.38. The number of aromatic nitrogens is 1. The molecule has 0 aliphatic carbocycles. The summed E-state index contributed by atoms with van der Waals surface area (Å²) in [6, 6.07) is 1.15. The SMILES string of the molecule is CCn1cc(C(=O)O)c(=O)c2cc(F)c([C@@]3(N)CCNC[C@@H]3C)c(C)c21. The Labute approximate surface area is 150 Å². The van der Waals surface area contributed by atoms with Crippen LogP contribution in [0, 0.1) is 18.7 Å². The predicted octanol–water partition coefficient (Wildman–Crippen LogP) is 1.95. The number of pyridine rings is 1. The van der Waals surface area contributed by atoms with E-state index < -0.39 is 22.8 Å². The van der Waals surface area contributed by atoms with Crippen LogP contribution in [0.15, 0.2) is 17.1 Å². The third kappa shape index (κ3) is 2.62. The van der Waals surface area contributed by atoms with E-state index in [1.807, 2.05) is 13.8 Å². The van der Waals surface area contributed by atoms with Gasteiger partial charge in [-0.2, -0.15) is 0 Å². The molecule has 0 amide bonds. The summed E-state index contributed by atoms with van der Waals surface area (Å²) in [7, 11) is 0. The van der Waals surface area contributed by atoms with Crippen molar-refractivity contribution in [3.05, 3.63) is 45.0 Å². The maximum Gasteiger partial charge on any atom is 0.341 e. The molecule has 6 nitrogen and oxygen atoms in total. The highest BCUT2D eigenvalue weighted by Gasteiger charge is 2.40. The first kappa shape index (κ1) is 18.5. The molecular formula is C19H24FN3O3. The van der Waals surface area contributed by atoms with E-state index in [4.69, 9.17) is 5.73 Å². The van der Waals surface area contributed by atoms with Crippen LogP contribution in [0.1, 0.15) is 41.8 Å². The minimum Gasteiger partial charge on any atom is -0.477 e. The zero-order valence-electron chi connectivity index (χ0n) is 15.2. The Hall–Kier alpha value is -2.25. The Balaban J connectivity index is 2.40. The first-order chi connectivity index (χ1) is 12.2. The van der Waals surface area contributed by atoms with Crippen molar-refractivity contribution in [2.45, 2.75) is 39.3 Å². The molecule has 3 rings (SSSR count). The molecule has 0 radical (unpaired) electrons. The Morgan fingerprint density at radius 1 is 1.54 bits per heavy atom. The predicted molar refractivity (Wildman–Crippen MR) is 98.1 cm³/mol. The highest BCUT2D eigenvalue weighted by atomic mass is 19.1. The smallest absolute Gasteiger partial charge is 0.341 e. The van der Waals surface area contributed by atoms with Crippen LogP contribution in [0.4, 0.5) is 4.39 Å². The topological polar surface area (TPSA) is 97.4 Å². The number of carboxylic acid groups (broad SMARTS) is 1. The lowest BCUT2D eigenvalue weighted by Crippen LogP contribution is -2.53. The molecule has 1 fully saturated rings. The molecule has 0 saturated carbocycles. The number of hydrogen-bond acceptors (Lipinski definition) is 4. The zero-order valence-corrected chi connectivity index (χ0v) is 15.2. The second-order valence-corrected chi connectivity index (χ2v) is 7.11. The van der Waals surface area contributed by atoms with E-state index in [-0.39, 0.29) is 16.9 Å². The number of aromatic carboxylic acids is 1. The molecule has 1 saturated heterocycles. The molecule has 2 atom stereocenters. The molecular weight excluding hydrogens is 337 g/mol. The molecule has 1 aliphatic heterocycles. The number of hydrogen-bond donors (Lipinski definition) is 3. The highest BCUT2D eigenvalue weighted by molar-refractivity contribution is 5.93. The van der Waals surface area contributed by atoms with Gasteiger partial charge in [0.15, 0.2) is 0 Å². The van der Waals surface area contributed by atoms with Crippen LogP contribution in [-0.2, 0) is 12.1 Å². The largest absolute Gasteiger partial charge is 0.477 e. The molecule has 0 spiro atoms. The number of carboxylic acids is 1. The van der Waals surface area contributed by atoms with Crippen LogP contribution < -0.4 is 16.5 Å². The Morgan fingerprint density at radius 2 is 2.23 bits per heavy atom. The lowest BCUT2D eigenvalue weighted by atomic mass is 9.73. The van der Waals surface area contributed by atoms with Crippen molar-refractivity contribution in [2.75, 3.05) is 13.1 Å². The molecule has 0 bridgehead atoms. The molecule has 140 valence electrons. The molecule has 2 aromatic rings. The lowest BCUT2D eigenvalue weighted by molar-refractivity contribution is 0.0695. The Kier molecular flexibility index (Phi) is 4.62. The molecule has 0 unspecified atom stereocenters. The molecule has 26 heavy (non-hydrogen) atoms. The monoisotopic (exact) mass is 361 g/mol. The van der Waals surface area contributed by atoms with Crippen molar-refractivity contribution >= 4 is 16.9 Å². The molecule has 2 heterocycles. The lowest BCUT2D eigenvalue weighted by Gasteiger charge is -2.41. The molecule has 1 aromatic carbocycles. The van der Waals surface area contributed by atoms with E-state index in [0.717, 1.165) is 6.07 Å². The standard InChI is InChI=1S/C19H24FN3O3/c1-4-23-9-13(18(25)26)17(24)12-7-14(20)15(11(3)16(12)23)19(21)5-6-22-8-10(19)2/h7,9-10,22H,4-6,8,21H2,1-3H3,(H,25,26)/t10-,19+/m0/s1. The quantitative estimate of drug-likeness (QED) is 0.776. The second kappa shape index (κ2) is 6.48. The minimum absolute atomic E-state index is 0.0157. The van der Waals surface area contributed by atoms with Gasteiger partial charge in [0.1, 0.15) is 11.4 Å². The van der Waals surface area contributed by atoms with Crippen LogP contribution >= 0.6 is 0 Å². The van der Waals surface area contributed by atoms with Gasteiger partial charge in [0.05, 0.1) is 5.52 Å². The van der Waals surface area contributed by atoms with Gasteiger partial charge >= 0.3 is 5.97 Å². The van der Waals surface area contributed by atoms with E-state index >= 15 is 4.39 Å². The van der Waals surface area contributed by atoms with Gasteiger partial charge in [-0.1, -0.05) is 6.92 Å². The Bertz CT molecular complexity index is 953. The van der Waals surface area contributed by atoms with E-state index in [1.165, 1.54) is 6.20 Å². The normalized spacial score (nSPS) is 23.3. The fourth-order valence-corrected chi connectivity index (χ4v) is 4.12. The number of benzene rings is 1. The van der Waals surface area contributed by atoms with Crippen molar-refractivity contribution in [1.29, 1.82) is 0 Å². The number of aryl methyl sites for hydroxylation is 2. The number of rotatable bonds is 3. The van der Waals surface area contributed by atoms with Crippen molar-refractivity contribution in [2.24, 2.45) is 11.7 Å². The number of piperidine rings is 1. The van der Waals surface area contributed by atoms with E-state index in [2.05, 4.69) is 5.32 Å². The van der Waals surface area contributed by atoms with Crippen LogP contribution in [0.2, 0.25) is 0 Å². The number of carbonyl (C=O) groups is 1.